The normalized spacial score (nSPS) is 13.1. The molecule has 0 amide bonds. The molecule has 0 unspecified atom stereocenters. The lowest BCUT2D eigenvalue weighted by atomic mass is 10.1. The first-order chi connectivity index (χ1) is 14.7. The van der Waals surface area contributed by atoms with E-state index in [1.165, 1.54) is 6.21 Å². The molecule has 0 aliphatic carbocycles. The van der Waals surface area contributed by atoms with Gasteiger partial charge in [0.2, 0.25) is 6.79 Å². The summed E-state index contributed by atoms with van der Waals surface area (Å²) < 4.78 is 10.7. The maximum absolute atomic E-state index is 12.4. The fraction of sp³-hybridized carbons (Fsp3) is 0.0500. The van der Waals surface area contributed by atoms with Crippen LogP contribution >= 0.6 is 0 Å². The van der Waals surface area contributed by atoms with E-state index < -0.39 is 0 Å². The van der Waals surface area contributed by atoms with Gasteiger partial charge in [-0.05, 0) is 18.2 Å². The highest BCUT2D eigenvalue weighted by Gasteiger charge is 2.15. The Morgan fingerprint density at radius 2 is 1.90 bits per heavy atom. The summed E-state index contributed by atoms with van der Waals surface area (Å²) in [6.45, 7) is 0.170. The number of nitrogens with one attached hydrogen (secondary N) is 3. The first kappa shape index (κ1) is 16.5. The topological polar surface area (TPSA) is 130 Å². The summed E-state index contributed by atoms with van der Waals surface area (Å²) >= 11 is 0. The van der Waals surface area contributed by atoms with Crippen LogP contribution in [-0.4, -0.2) is 38.2 Å². The maximum atomic E-state index is 12.4. The SMILES string of the molecule is O=c1[nH]c2cc3c(cc2cc1/C=N/Nc1nnc2c(n1)[nH]c1ccccc12)OCO3. The van der Waals surface area contributed by atoms with E-state index >= 15 is 0 Å². The minimum atomic E-state index is -0.281. The second-order valence-electron chi connectivity index (χ2n) is 6.72. The van der Waals surface area contributed by atoms with Crippen molar-refractivity contribution in [1.82, 2.24) is 25.1 Å². The van der Waals surface area contributed by atoms with Crippen LogP contribution in [0.2, 0.25) is 0 Å². The van der Waals surface area contributed by atoms with E-state index in [1.807, 2.05) is 30.3 Å². The molecule has 6 rings (SSSR count). The number of hydrogen-bond donors (Lipinski definition) is 3. The van der Waals surface area contributed by atoms with Gasteiger partial charge in [-0.25, -0.2) is 5.43 Å². The Hall–Kier alpha value is -4.47. The van der Waals surface area contributed by atoms with Crippen molar-refractivity contribution in [2.24, 2.45) is 5.10 Å². The lowest BCUT2D eigenvalue weighted by Crippen LogP contribution is -2.12. The predicted molar refractivity (Wildman–Crippen MR) is 111 cm³/mol. The quantitative estimate of drug-likeness (QED) is 0.314. The van der Waals surface area contributed by atoms with Gasteiger partial charge in [-0.2, -0.15) is 10.1 Å². The summed E-state index contributed by atoms with van der Waals surface area (Å²) in [6, 6.07) is 13.0. The molecule has 0 saturated carbocycles. The second-order valence-corrected chi connectivity index (χ2v) is 6.72. The largest absolute Gasteiger partial charge is 0.454 e. The lowest BCUT2D eigenvalue weighted by Gasteiger charge is -2.02. The average Bonchev–Trinajstić information content (AvgIpc) is 3.35. The Bertz CT molecular complexity index is 1540. The molecule has 0 saturated heterocycles. The Morgan fingerprint density at radius 1 is 1.03 bits per heavy atom. The van der Waals surface area contributed by atoms with Crippen LogP contribution < -0.4 is 20.5 Å². The van der Waals surface area contributed by atoms with Crippen molar-refractivity contribution in [3.8, 4) is 11.5 Å². The van der Waals surface area contributed by atoms with E-state index in [4.69, 9.17) is 9.47 Å². The zero-order chi connectivity index (χ0) is 20.1. The number of ether oxygens (including phenoxy) is 2. The molecular weight excluding hydrogens is 386 g/mol. The molecule has 0 bridgehead atoms. The molecule has 0 radical (unpaired) electrons. The Labute approximate surface area is 167 Å². The van der Waals surface area contributed by atoms with E-state index in [1.54, 1.807) is 12.1 Å². The summed E-state index contributed by atoms with van der Waals surface area (Å²) in [6.07, 6.45) is 1.40. The molecule has 3 N–H and O–H groups in total. The van der Waals surface area contributed by atoms with Crippen LogP contribution in [0.25, 0.3) is 33.0 Å². The van der Waals surface area contributed by atoms with Gasteiger partial charge in [-0.3, -0.25) is 4.79 Å². The van der Waals surface area contributed by atoms with Crippen molar-refractivity contribution in [2.75, 3.05) is 12.2 Å². The molecule has 2 aromatic carbocycles. The number of hydrazone groups is 1. The first-order valence-electron chi connectivity index (χ1n) is 9.11. The monoisotopic (exact) mass is 399 g/mol. The van der Waals surface area contributed by atoms with Crippen molar-refractivity contribution >= 4 is 45.1 Å². The number of aromatic nitrogens is 5. The number of benzene rings is 2. The highest BCUT2D eigenvalue weighted by Crippen LogP contribution is 2.35. The van der Waals surface area contributed by atoms with Gasteiger partial charge < -0.3 is 19.4 Å². The number of rotatable bonds is 3. The third kappa shape index (κ3) is 2.62. The Morgan fingerprint density at radius 3 is 2.83 bits per heavy atom. The van der Waals surface area contributed by atoms with Crippen LogP contribution in [0.3, 0.4) is 0 Å². The number of nitrogens with zero attached hydrogens (tertiary/aromatic N) is 4. The molecule has 0 spiro atoms. The standard InChI is InChI=1S/C20H13N7O3/c28-19-11(5-10-6-15-16(30-9-29-15)7-14(10)23-19)8-21-26-20-24-18-17(25-27-20)12-3-1-2-4-13(12)22-18/h1-8H,9H2,(H,23,28)(H2,22,24,26,27)/b21-8+. The van der Waals surface area contributed by atoms with Crippen LogP contribution in [0.5, 0.6) is 11.5 Å². The van der Waals surface area contributed by atoms with Crippen LogP contribution in [0.15, 0.2) is 52.4 Å². The van der Waals surface area contributed by atoms with Gasteiger partial charge in [-0.15, -0.1) is 10.2 Å². The molecule has 30 heavy (non-hydrogen) atoms. The summed E-state index contributed by atoms with van der Waals surface area (Å²) in [4.78, 5) is 22.8. The van der Waals surface area contributed by atoms with Gasteiger partial charge in [-0.1, -0.05) is 18.2 Å². The van der Waals surface area contributed by atoms with E-state index in [0.29, 0.717) is 33.7 Å². The van der Waals surface area contributed by atoms with Crippen molar-refractivity contribution in [3.05, 3.63) is 58.4 Å². The molecule has 0 fully saturated rings. The van der Waals surface area contributed by atoms with Gasteiger partial charge in [0.15, 0.2) is 17.1 Å². The van der Waals surface area contributed by atoms with Crippen molar-refractivity contribution in [3.63, 3.8) is 0 Å². The number of H-pyrrole nitrogens is 2. The average molecular weight is 399 g/mol. The molecule has 1 aliphatic rings. The summed E-state index contributed by atoms with van der Waals surface area (Å²) in [7, 11) is 0. The fourth-order valence-corrected chi connectivity index (χ4v) is 3.44. The number of aromatic amines is 2. The molecule has 0 atom stereocenters. The van der Waals surface area contributed by atoms with Crippen LogP contribution in [0.1, 0.15) is 5.56 Å². The molecule has 5 aromatic rings. The van der Waals surface area contributed by atoms with Crippen LogP contribution in [0, 0.1) is 0 Å². The number of pyridine rings is 1. The molecular formula is C20H13N7O3. The van der Waals surface area contributed by atoms with E-state index in [-0.39, 0.29) is 18.3 Å². The van der Waals surface area contributed by atoms with Gasteiger partial charge in [0.25, 0.3) is 11.5 Å². The summed E-state index contributed by atoms with van der Waals surface area (Å²) in [5, 5.41) is 14.1. The summed E-state index contributed by atoms with van der Waals surface area (Å²) in [5.41, 5.74) is 5.68. The first-order valence-corrected chi connectivity index (χ1v) is 9.11. The number of anilines is 1. The lowest BCUT2D eigenvalue weighted by molar-refractivity contribution is 0.174. The molecule has 4 heterocycles. The highest BCUT2D eigenvalue weighted by molar-refractivity contribution is 6.03. The molecule has 10 heteroatoms. The van der Waals surface area contributed by atoms with Crippen molar-refractivity contribution in [1.29, 1.82) is 0 Å². The number of para-hydroxylation sites is 1. The molecule has 146 valence electrons. The molecule has 1 aliphatic heterocycles. The molecule has 3 aromatic heterocycles. The summed E-state index contributed by atoms with van der Waals surface area (Å²) in [5.74, 6) is 1.46. The zero-order valence-electron chi connectivity index (χ0n) is 15.3. The van der Waals surface area contributed by atoms with Crippen LogP contribution in [0.4, 0.5) is 5.95 Å². The zero-order valence-corrected chi connectivity index (χ0v) is 15.3. The minimum absolute atomic E-state index is 0.170. The highest BCUT2D eigenvalue weighted by atomic mass is 16.7. The van der Waals surface area contributed by atoms with Gasteiger partial charge in [0.1, 0.15) is 5.52 Å². The maximum Gasteiger partial charge on any atom is 0.265 e. The number of hydrogen-bond acceptors (Lipinski definition) is 8. The van der Waals surface area contributed by atoms with E-state index in [0.717, 1.165) is 16.3 Å². The third-order valence-electron chi connectivity index (χ3n) is 4.86. The van der Waals surface area contributed by atoms with E-state index in [2.05, 4.69) is 35.7 Å². The Kier molecular flexibility index (Phi) is 3.45. The Balaban J connectivity index is 1.30. The van der Waals surface area contributed by atoms with Gasteiger partial charge in [0.05, 0.1) is 17.3 Å². The van der Waals surface area contributed by atoms with E-state index in [9.17, 15) is 4.79 Å². The fourth-order valence-electron chi connectivity index (χ4n) is 3.44. The molecule has 10 nitrogen and oxygen atoms in total. The van der Waals surface area contributed by atoms with Gasteiger partial charge in [0, 0.05) is 22.4 Å². The second kappa shape index (κ2) is 6.27. The number of fused-ring (bicyclic) bond motifs is 5. The minimum Gasteiger partial charge on any atom is -0.454 e. The smallest absolute Gasteiger partial charge is 0.265 e. The predicted octanol–water partition coefficient (Wildman–Crippen LogP) is 2.52. The van der Waals surface area contributed by atoms with Crippen molar-refractivity contribution < 1.29 is 9.47 Å². The van der Waals surface area contributed by atoms with Gasteiger partial charge >= 0.3 is 0 Å². The van der Waals surface area contributed by atoms with Crippen LogP contribution in [-0.2, 0) is 0 Å². The van der Waals surface area contributed by atoms with Crippen molar-refractivity contribution in [2.45, 2.75) is 0 Å². The third-order valence-corrected chi connectivity index (χ3v) is 4.86.